The number of allylic oxidation sites excluding steroid dienone is 1. The first-order valence-corrected chi connectivity index (χ1v) is 10.9. The number of rotatable bonds is 6. The Morgan fingerprint density at radius 3 is 2.61 bits per heavy atom. The van der Waals surface area contributed by atoms with Crippen LogP contribution in [0, 0.1) is 13.8 Å². The molecule has 2 aromatic carbocycles. The van der Waals surface area contributed by atoms with Crippen LogP contribution in [0.1, 0.15) is 43.5 Å². The van der Waals surface area contributed by atoms with Crippen LogP contribution in [0.2, 0.25) is 0 Å². The summed E-state index contributed by atoms with van der Waals surface area (Å²) in [6.07, 6.45) is 1.48. The Balaban J connectivity index is 1.76. The highest BCUT2D eigenvalue weighted by Gasteiger charge is 2.34. The van der Waals surface area contributed by atoms with Crippen LogP contribution in [0.25, 0.3) is 0 Å². The minimum Gasteiger partial charge on any atom is -0.493 e. The van der Waals surface area contributed by atoms with Crippen molar-refractivity contribution in [2.24, 2.45) is 0 Å². The van der Waals surface area contributed by atoms with Crippen LogP contribution in [-0.4, -0.2) is 33.9 Å². The van der Waals surface area contributed by atoms with E-state index >= 15 is 0 Å². The molecule has 1 aliphatic heterocycles. The number of benzene rings is 2. The second kappa shape index (κ2) is 8.97. The normalized spacial score (nSPS) is 15.2. The number of carbonyl (C=O) groups excluding carboxylic acids is 1. The van der Waals surface area contributed by atoms with Crippen LogP contribution in [0.4, 0.5) is 11.6 Å². The largest absolute Gasteiger partial charge is 0.493 e. The molecule has 2 N–H and O–H groups in total. The fraction of sp³-hybridized carbons (Fsp3) is 0.320. The van der Waals surface area contributed by atoms with Gasteiger partial charge < -0.3 is 20.1 Å². The molecule has 0 spiro atoms. The summed E-state index contributed by atoms with van der Waals surface area (Å²) >= 11 is 0. The Hall–Kier alpha value is -3.81. The molecule has 8 heteroatoms. The number of nitrogens with zero attached hydrogens (tertiary/aromatic N) is 3. The molecule has 0 saturated heterocycles. The maximum absolute atomic E-state index is 13.6. The molecule has 0 aliphatic carbocycles. The van der Waals surface area contributed by atoms with Crippen molar-refractivity contribution in [1.82, 2.24) is 14.8 Å². The van der Waals surface area contributed by atoms with Gasteiger partial charge in [-0.2, -0.15) is 10.1 Å². The first kappa shape index (κ1) is 22.4. The van der Waals surface area contributed by atoms with E-state index in [2.05, 4.69) is 20.7 Å². The van der Waals surface area contributed by atoms with Crippen molar-refractivity contribution < 1.29 is 14.3 Å². The van der Waals surface area contributed by atoms with Crippen LogP contribution in [-0.2, 0) is 4.79 Å². The number of methoxy groups -OCH3 is 1. The molecule has 4 rings (SSSR count). The summed E-state index contributed by atoms with van der Waals surface area (Å²) in [7, 11) is 1.60. The topological polar surface area (TPSA) is 90.3 Å². The zero-order valence-corrected chi connectivity index (χ0v) is 19.8. The Bertz CT molecular complexity index is 1230. The minimum atomic E-state index is -0.489. The van der Waals surface area contributed by atoms with E-state index in [4.69, 9.17) is 9.47 Å². The summed E-state index contributed by atoms with van der Waals surface area (Å²) in [5, 5.41) is 10.7. The molecule has 1 atom stereocenters. The van der Waals surface area contributed by atoms with Gasteiger partial charge in [0.05, 0.1) is 18.8 Å². The lowest BCUT2D eigenvalue weighted by Crippen LogP contribution is -2.31. The van der Waals surface area contributed by atoms with Gasteiger partial charge in [-0.25, -0.2) is 4.68 Å². The van der Waals surface area contributed by atoms with Gasteiger partial charge in [0, 0.05) is 11.4 Å². The third kappa shape index (κ3) is 4.41. The third-order valence-corrected chi connectivity index (χ3v) is 5.54. The Labute approximate surface area is 193 Å². The molecule has 0 bridgehead atoms. The zero-order chi connectivity index (χ0) is 23.7. The second-order valence-corrected chi connectivity index (χ2v) is 8.44. The summed E-state index contributed by atoms with van der Waals surface area (Å²) in [5.74, 6) is 1.60. The highest BCUT2D eigenvalue weighted by atomic mass is 16.5. The van der Waals surface area contributed by atoms with E-state index in [9.17, 15) is 4.79 Å². The summed E-state index contributed by atoms with van der Waals surface area (Å²) in [6, 6.07) is 11.1. The molecule has 1 amide bonds. The van der Waals surface area contributed by atoms with Crippen LogP contribution in [0.15, 0.2) is 54.0 Å². The van der Waals surface area contributed by atoms with Crippen molar-refractivity contribution in [2.45, 2.75) is 46.8 Å². The van der Waals surface area contributed by atoms with E-state index in [0.29, 0.717) is 28.7 Å². The Kier molecular flexibility index (Phi) is 6.09. The molecular weight excluding hydrogens is 418 g/mol. The number of hydrogen-bond donors (Lipinski definition) is 2. The lowest BCUT2D eigenvalue weighted by atomic mass is 9.94. The monoisotopic (exact) mass is 447 g/mol. The van der Waals surface area contributed by atoms with E-state index < -0.39 is 6.04 Å². The molecule has 8 nitrogen and oxygen atoms in total. The van der Waals surface area contributed by atoms with Gasteiger partial charge in [-0.3, -0.25) is 4.79 Å². The summed E-state index contributed by atoms with van der Waals surface area (Å²) < 4.78 is 13.2. The number of carbonyl (C=O) groups is 1. The van der Waals surface area contributed by atoms with Crippen LogP contribution < -0.4 is 20.1 Å². The van der Waals surface area contributed by atoms with Crippen LogP contribution in [0.5, 0.6) is 11.5 Å². The van der Waals surface area contributed by atoms with E-state index in [1.807, 2.05) is 71.0 Å². The molecule has 2 heterocycles. The first-order chi connectivity index (χ1) is 15.8. The maximum atomic E-state index is 13.6. The molecule has 172 valence electrons. The number of hydrogen-bond acceptors (Lipinski definition) is 6. The average Bonchev–Trinajstić information content (AvgIpc) is 3.22. The standard InChI is InChI=1S/C25H29N5O3/c1-14(2)33-20-10-8-18(12-21(20)32-6)23-22(17(5)28-25-26-13-27-30(23)25)24(31)29-19-9-7-15(3)11-16(19)4/h7-14,23H,1-6H3,(H,29,31)(H,26,27,28). The SMILES string of the molecule is COc1cc(C2C(C(=O)Nc3ccc(C)cc3C)=C(C)Nc3ncnn32)ccc1OC(C)C. The average molecular weight is 448 g/mol. The summed E-state index contributed by atoms with van der Waals surface area (Å²) in [5.41, 5.74) is 5.01. The highest BCUT2D eigenvalue weighted by molar-refractivity contribution is 6.06. The van der Waals surface area contributed by atoms with Gasteiger partial charge in [0.25, 0.3) is 5.91 Å². The summed E-state index contributed by atoms with van der Waals surface area (Å²) in [6.45, 7) is 9.80. The van der Waals surface area contributed by atoms with Gasteiger partial charge in [-0.05, 0) is 63.9 Å². The zero-order valence-electron chi connectivity index (χ0n) is 19.8. The molecule has 1 aliphatic rings. The highest BCUT2D eigenvalue weighted by Crippen LogP contribution is 2.39. The molecule has 0 radical (unpaired) electrons. The Morgan fingerprint density at radius 2 is 1.91 bits per heavy atom. The first-order valence-electron chi connectivity index (χ1n) is 10.9. The molecule has 33 heavy (non-hydrogen) atoms. The number of nitrogens with one attached hydrogen (secondary N) is 2. The van der Waals surface area contributed by atoms with Gasteiger partial charge in [0.1, 0.15) is 12.4 Å². The Morgan fingerprint density at radius 1 is 1.12 bits per heavy atom. The molecule has 1 unspecified atom stereocenters. The minimum absolute atomic E-state index is 0.00627. The van der Waals surface area contributed by atoms with E-state index in [1.54, 1.807) is 11.8 Å². The van der Waals surface area contributed by atoms with Crippen LogP contribution >= 0.6 is 0 Å². The molecular formula is C25H29N5O3. The maximum Gasteiger partial charge on any atom is 0.255 e. The second-order valence-electron chi connectivity index (χ2n) is 8.44. The van der Waals surface area contributed by atoms with Gasteiger partial charge in [-0.1, -0.05) is 23.8 Å². The number of anilines is 2. The number of ether oxygens (including phenoxy) is 2. The van der Waals surface area contributed by atoms with Crippen molar-refractivity contribution in [3.63, 3.8) is 0 Å². The van der Waals surface area contributed by atoms with E-state index in [0.717, 1.165) is 22.4 Å². The van der Waals surface area contributed by atoms with E-state index in [-0.39, 0.29) is 12.0 Å². The van der Waals surface area contributed by atoms with Gasteiger partial charge >= 0.3 is 0 Å². The molecule has 3 aromatic rings. The third-order valence-electron chi connectivity index (χ3n) is 5.54. The number of aromatic nitrogens is 3. The van der Waals surface area contributed by atoms with Gasteiger partial charge in [0.15, 0.2) is 11.5 Å². The quantitative estimate of drug-likeness (QED) is 0.573. The van der Waals surface area contributed by atoms with Crippen molar-refractivity contribution in [1.29, 1.82) is 0 Å². The van der Waals surface area contributed by atoms with Crippen molar-refractivity contribution in [2.75, 3.05) is 17.7 Å². The van der Waals surface area contributed by atoms with E-state index in [1.165, 1.54) is 6.33 Å². The van der Waals surface area contributed by atoms with Gasteiger partial charge in [0.2, 0.25) is 5.95 Å². The molecule has 0 saturated carbocycles. The fourth-order valence-electron chi connectivity index (χ4n) is 4.04. The number of fused-ring (bicyclic) bond motifs is 1. The van der Waals surface area contributed by atoms with Gasteiger partial charge in [-0.15, -0.1) is 0 Å². The predicted molar refractivity (Wildman–Crippen MR) is 128 cm³/mol. The van der Waals surface area contributed by atoms with Crippen molar-refractivity contribution in [3.05, 3.63) is 70.7 Å². The predicted octanol–water partition coefficient (Wildman–Crippen LogP) is 4.62. The summed E-state index contributed by atoms with van der Waals surface area (Å²) in [4.78, 5) is 17.9. The van der Waals surface area contributed by atoms with Crippen molar-refractivity contribution >= 4 is 17.5 Å². The number of amides is 1. The molecule has 1 aromatic heterocycles. The molecule has 0 fully saturated rings. The fourth-order valence-corrected chi connectivity index (χ4v) is 4.04. The smallest absolute Gasteiger partial charge is 0.255 e. The lowest BCUT2D eigenvalue weighted by molar-refractivity contribution is -0.113. The van der Waals surface area contributed by atoms with Crippen molar-refractivity contribution in [3.8, 4) is 11.5 Å². The van der Waals surface area contributed by atoms with Crippen LogP contribution in [0.3, 0.4) is 0 Å². The lowest BCUT2D eigenvalue weighted by Gasteiger charge is -2.29. The number of aryl methyl sites for hydroxylation is 2.